The van der Waals surface area contributed by atoms with Crippen LogP contribution in [0.2, 0.25) is 0 Å². The standard InChI is InChI=1S/C22H28N2O3S/c1-17-5-3-7-19(13-17)15-23-22(25)21-9-11-24(12-10-21)28(26,27)16-20-8-4-6-18(2)14-20/h3-8,13-14,21H,9-12,15-16H2,1-2H3,(H,23,25). The number of nitrogens with one attached hydrogen (secondary N) is 1. The number of aryl methyl sites for hydroxylation is 2. The number of sulfonamides is 1. The van der Waals surface area contributed by atoms with Crippen LogP contribution in [0.4, 0.5) is 0 Å². The van der Waals surface area contributed by atoms with E-state index in [1.165, 1.54) is 9.87 Å². The molecule has 0 bridgehead atoms. The second-order valence-electron chi connectivity index (χ2n) is 7.63. The smallest absolute Gasteiger partial charge is 0.223 e. The molecule has 28 heavy (non-hydrogen) atoms. The SMILES string of the molecule is Cc1cccc(CNC(=O)C2CCN(S(=O)(=O)Cc3cccc(C)c3)CC2)c1. The quantitative estimate of drug-likeness (QED) is 0.810. The molecule has 1 amide bonds. The van der Waals surface area contributed by atoms with Crippen molar-refractivity contribution in [1.29, 1.82) is 0 Å². The van der Waals surface area contributed by atoms with Gasteiger partial charge in [-0.1, -0.05) is 59.7 Å². The maximum absolute atomic E-state index is 12.7. The molecule has 0 saturated carbocycles. The number of hydrogen-bond acceptors (Lipinski definition) is 3. The van der Waals surface area contributed by atoms with Crippen LogP contribution in [0.15, 0.2) is 48.5 Å². The molecular weight excluding hydrogens is 372 g/mol. The minimum atomic E-state index is -3.36. The predicted octanol–water partition coefficient (Wildman–Crippen LogP) is 3.16. The van der Waals surface area contributed by atoms with E-state index in [0.29, 0.717) is 32.5 Å². The number of piperidine rings is 1. The van der Waals surface area contributed by atoms with Crippen molar-refractivity contribution in [3.63, 3.8) is 0 Å². The molecule has 0 aromatic heterocycles. The van der Waals surface area contributed by atoms with Gasteiger partial charge in [-0.05, 0) is 37.8 Å². The maximum Gasteiger partial charge on any atom is 0.223 e. The molecule has 0 aliphatic carbocycles. The summed E-state index contributed by atoms with van der Waals surface area (Å²) in [5, 5.41) is 2.99. The first kappa shape index (κ1) is 20.6. The normalized spacial score (nSPS) is 16.1. The van der Waals surface area contributed by atoms with Crippen LogP contribution in [-0.2, 0) is 27.1 Å². The summed E-state index contributed by atoms with van der Waals surface area (Å²) in [6.07, 6.45) is 1.12. The third-order valence-corrected chi connectivity index (χ3v) is 7.05. The molecule has 0 radical (unpaired) electrons. The fourth-order valence-corrected chi connectivity index (χ4v) is 5.21. The monoisotopic (exact) mass is 400 g/mol. The van der Waals surface area contributed by atoms with Crippen molar-refractivity contribution in [3.8, 4) is 0 Å². The van der Waals surface area contributed by atoms with Crippen LogP contribution in [0, 0.1) is 19.8 Å². The molecule has 2 aromatic carbocycles. The molecule has 1 N–H and O–H groups in total. The van der Waals surface area contributed by atoms with Gasteiger partial charge in [-0.15, -0.1) is 0 Å². The highest BCUT2D eigenvalue weighted by molar-refractivity contribution is 7.88. The van der Waals surface area contributed by atoms with E-state index in [2.05, 4.69) is 11.4 Å². The van der Waals surface area contributed by atoms with E-state index in [4.69, 9.17) is 0 Å². The summed E-state index contributed by atoms with van der Waals surface area (Å²) in [5.41, 5.74) is 4.10. The van der Waals surface area contributed by atoms with Crippen molar-refractivity contribution in [2.24, 2.45) is 5.92 Å². The van der Waals surface area contributed by atoms with Gasteiger partial charge in [-0.2, -0.15) is 0 Å². The van der Waals surface area contributed by atoms with Crippen LogP contribution in [0.3, 0.4) is 0 Å². The van der Waals surface area contributed by atoms with Gasteiger partial charge < -0.3 is 5.32 Å². The lowest BCUT2D eigenvalue weighted by atomic mass is 9.97. The number of benzene rings is 2. The van der Waals surface area contributed by atoms with Gasteiger partial charge in [0, 0.05) is 25.6 Å². The Bertz CT molecular complexity index is 932. The van der Waals surface area contributed by atoms with Crippen LogP contribution < -0.4 is 5.32 Å². The first-order valence-corrected chi connectivity index (χ1v) is 11.3. The zero-order chi connectivity index (χ0) is 20.1. The van der Waals surface area contributed by atoms with Crippen molar-refractivity contribution in [2.45, 2.75) is 39.0 Å². The van der Waals surface area contributed by atoms with E-state index in [0.717, 1.165) is 16.7 Å². The summed E-state index contributed by atoms with van der Waals surface area (Å²) >= 11 is 0. The fraction of sp³-hybridized carbons (Fsp3) is 0.409. The predicted molar refractivity (Wildman–Crippen MR) is 111 cm³/mol. The van der Waals surface area contributed by atoms with E-state index in [1.54, 1.807) is 0 Å². The number of carbonyl (C=O) groups excluding carboxylic acids is 1. The first-order chi connectivity index (χ1) is 13.3. The van der Waals surface area contributed by atoms with Crippen LogP contribution >= 0.6 is 0 Å². The van der Waals surface area contributed by atoms with Crippen molar-refractivity contribution < 1.29 is 13.2 Å². The van der Waals surface area contributed by atoms with Gasteiger partial charge >= 0.3 is 0 Å². The summed E-state index contributed by atoms with van der Waals surface area (Å²) in [4.78, 5) is 12.5. The van der Waals surface area contributed by atoms with Crippen molar-refractivity contribution in [3.05, 3.63) is 70.8 Å². The summed E-state index contributed by atoms with van der Waals surface area (Å²) in [6.45, 7) is 5.29. The highest BCUT2D eigenvalue weighted by atomic mass is 32.2. The van der Waals surface area contributed by atoms with Crippen molar-refractivity contribution in [2.75, 3.05) is 13.1 Å². The third-order valence-electron chi connectivity index (χ3n) is 5.20. The van der Waals surface area contributed by atoms with E-state index in [-0.39, 0.29) is 17.6 Å². The summed E-state index contributed by atoms with van der Waals surface area (Å²) in [6, 6.07) is 15.6. The molecule has 0 unspecified atom stereocenters. The Labute approximate surface area is 167 Å². The number of rotatable bonds is 6. The Morgan fingerprint density at radius 2 is 1.57 bits per heavy atom. The van der Waals surface area contributed by atoms with Crippen LogP contribution in [0.25, 0.3) is 0 Å². The molecule has 1 aliphatic rings. The van der Waals surface area contributed by atoms with E-state index in [1.807, 2.05) is 56.3 Å². The van der Waals surface area contributed by atoms with Gasteiger partial charge in [0.25, 0.3) is 0 Å². The lowest BCUT2D eigenvalue weighted by Crippen LogP contribution is -2.43. The molecule has 1 fully saturated rings. The van der Waals surface area contributed by atoms with Crippen molar-refractivity contribution >= 4 is 15.9 Å². The van der Waals surface area contributed by atoms with E-state index in [9.17, 15) is 13.2 Å². The minimum absolute atomic E-state index is 0.0113. The van der Waals surface area contributed by atoms with Crippen molar-refractivity contribution in [1.82, 2.24) is 9.62 Å². The van der Waals surface area contributed by atoms with E-state index < -0.39 is 10.0 Å². The molecule has 0 spiro atoms. The van der Waals surface area contributed by atoms with Crippen LogP contribution in [0.5, 0.6) is 0 Å². The van der Waals surface area contributed by atoms with Crippen LogP contribution in [-0.4, -0.2) is 31.7 Å². The highest BCUT2D eigenvalue weighted by Gasteiger charge is 2.31. The van der Waals surface area contributed by atoms with Crippen LogP contribution in [0.1, 0.15) is 35.1 Å². The Balaban J connectivity index is 1.51. The number of nitrogens with zero attached hydrogens (tertiary/aromatic N) is 1. The Morgan fingerprint density at radius 3 is 2.18 bits per heavy atom. The molecule has 3 rings (SSSR count). The zero-order valence-electron chi connectivity index (χ0n) is 16.5. The molecule has 2 aromatic rings. The fourth-order valence-electron chi connectivity index (χ4n) is 3.66. The lowest BCUT2D eigenvalue weighted by Gasteiger charge is -2.30. The molecule has 1 saturated heterocycles. The van der Waals surface area contributed by atoms with E-state index >= 15 is 0 Å². The second-order valence-corrected chi connectivity index (χ2v) is 9.59. The Hall–Kier alpha value is -2.18. The summed E-state index contributed by atoms with van der Waals surface area (Å²) in [5.74, 6) is -0.105. The van der Waals surface area contributed by atoms with Gasteiger partial charge in [0.05, 0.1) is 5.75 Å². The lowest BCUT2D eigenvalue weighted by molar-refractivity contribution is -0.126. The number of hydrogen-bond donors (Lipinski definition) is 1. The molecule has 0 atom stereocenters. The third kappa shape index (κ3) is 5.42. The molecule has 1 heterocycles. The molecular formula is C22H28N2O3S. The highest BCUT2D eigenvalue weighted by Crippen LogP contribution is 2.22. The topological polar surface area (TPSA) is 66.5 Å². The number of carbonyl (C=O) groups is 1. The summed E-state index contributed by atoms with van der Waals surface area (Å²) < 4.78 is 26.9. The average molecular weight is 401 g/mol. The number of amides is 1. The van der Waals surface area contributed by atoms with Gasteiger partial charge in [-0.25, -0.2) is 12.7 Å². The second kappa shape index (κ2) is 8.88. The zero-order valence-corrected chi connectivity index (χ0v) is 17.3. The molecule has 1 aliphatic heterocycles. The van der Waals surface area contributed by atoms with Gasteiger partial charge in [0.15, 0.2) is 0 Å². The first-order valence-electron chi connectivity index (χ1n) is 9.70. The van der Waals surface area contributed by atoms with Gasteiger partial charge in [0.2, 0.25) is 15.9 Å². The maximum atomic E-state index is 12.7. The molecule has 5 nitrogen and oxygen atoms in total. The Kier molecular flexibility index (Phi) is 6.52. The largest absolute Gasteiger partial charge is 0.352 e. The minimum Gasteiger partial charge on any atom is -0.352 e. The molecule has 150 valence electrons. The average Bonchev–Trinajstić information content (AvgIpc) is 2.66. The Morgan fingerprint density at radius 1 is 1.00 bits per heavy atom. The summed E-state index contributed by atoms with van der Waals surface area (Å²) in [7, 11) is -3.36. The van der Waals surface area contributed by atoms with Gasteiger partial charge in [-0.3, -0.25) is 4.79 Å². The van der Waals surface area contributed by atoms with Gasteiger partial charge in [0.1, 0.15) is 0 Å². The molecule has 6 heteroatoms.